The third-order valence-corrected chi connectivity index (χ3v) is 4.27. The van der Waals surface area contributed by atoms with Gasteiger partial charge in [-0.2, -0.15) is 31.3 Å². The van der Waals surface area contributed by atoms with Crippen molar-refractivity contribution >= 4 is 28.9 Å². The Kier molecular flexibility index (Phi) is 5.45. The molecule has 1 aliphatic heterocycles. The minimum atomic E-state index is -5.30. The summed E-state index contributed by atoms with van der Waals surface area (Å²) in [4.78, 5) is 42.9. The zero-order chi connectivity index (χ0) is 23.3. The first-order chi connectivity index (χ1) is 14.2. The standard InChI is InChI=1S/C15H13F6N5O5/c1-5(27)30-8-2-7(9(28)15(19,20)21)31-11(8)26-10-6(3-23-12(22)24-10)25(13(26)29)4-14(16,17)18/h3,7-8,11H,2,4H2,1H3,(H2,22,23,24)/t7-,8+,11+/m0/s1. The second-order valence-electron chi connectivity index (χ2n) is 6.55. The number of ether oxygens (including phenoxy) is 2. The SMILES string of the molecule is CC(=O)O[C@@H]1C[C@@H](C(=O)C(F)(F)F)O[C@H]1n1c(=O)n(CC(F)(F)F)c2cnc(N)nc21. The fourth-order valence-electron chi connectivity index (χ4n) is 3.17. The number of carbonyl (C=O) groups is 2. The van der Waals surface area contributed by atoms with Gasteiger partial charge in [-0.15, -0.1) is 0 Å². The molecule has 170 valence electrons. The van der Waals surface area contributed by atoms with E-state index < -0.39 is 78.3 Å². The maximum absolute atomic E-state index is 13.0. The van der Waals surface area contributed by atoms with Crippen LogP contribution in [-0.4, -0.2) is 55.4 Å². The Morgan fingerprint density at radius 1 is 1.29 bits per heavy atom. The van der Waals surface area contributed by atoms with Gasteiger partial charge < -0.3 is 15.2 Å². The summed E-state index contributed by atoms with van der Waals surface area (Å²) in [5.74, 6) is -3.76. The number of aromatic nitrogens is 4. The summed E-state index contributed by atoms with van der Waals surface area (Å²) >= 11 is 0. The Balaban J connectivity index is 2.16. The number of hydrogen-bond donors (Lipinski definition) is 1. The molecule has 10 nitrogen and oxygen atoms in total. The lowest BCUT2D eigenvalue weighted by Gasteiger charge is -2.19. The van der Waals surface area contributed by atoms with Crippen LogP contribution in [-0.2, 0) is 25.6 Å². The average molecular weight is 457 g/mol. The van der Waals surface area contributed by atoms with Crippen LogP contribution in [0.1, 0.15) is 19.6 Å². The summed E-state index contributed by atoms with van der Waals surface area (Å²) in [6, 6.07) is 0. The van der Waals surface area contributed by atoms with Crippen LogP contribution in [0.5, 0.6) is 0 Å². The molecule has 2 aromatic rings. The molecule has 0 radical (unpaired) electrons. The quantitative estimate of drug-likeness (QED) is 0.533. The van der Waals surface area contributed by atoms with Crippen LogP contribution in [0.15, 0.2) is 11.0 Å². The summed E-state index contributed by atoms with van der Waals surface area (Å²) in [5, 5.41) is 0. The Hall–Kier alpha value is -3.17. The minimum absolute atomic E-state index is 0.210. The maximum Gasteiger partial charge on any atom is 0.452 e. The normalized spacial score (nSPS) is 22.1. The molecule has 2 N–H and O–H groups in total. The molecule has 0 aliphatic carbocycles. The van der Waals surface area contributed by atoms with Crippen LogP contribution in [0.25, 0.3) is 11.2 Å². The third kappa shape index (κ3) is 4.47. The molecule has 0 spiro atoms. The molecule has 0 aromatic carbocycles. The summed E-state index contributed by atoms with van der Waals surface area (Å²) in [7, 11) is 0. The predicted molar refractivity (Wildman–Crippen MR) is 87.4 cm³/mol. The van der Waals surface area contributed by atoms with Crippen molar-refractivity contribution in [3.63, 3.8) is 0 Å². The number of fused-ring (bicyclic) bond motifs is 1. The number of alkyl halides is 6. The van der Waals surface area contributed by atoms with Crippen molar-refractivity contribution < 1.29 is 45.4 Å². The first-order valence-corrected chi connectivity index (χ1v) is 8.42. The van der Waals surface area contributed by atoms with Crippen LogP contribution in [0.2, 0.25) is 0 Å². The highest BCUT2D eigenvalue weighted by Gasteiger charge is 2.52. The second kappa shape index (κ2) is 7.51. The number of nitrogens with two attached hydrogens (primary N) is 1. The Bertz CT molecular complexity index is 1090. The Labute approximate surface area is 167 Å². The van der Waals surface area contributed by atoms with E-state index in [1.165, 1.54) is 0 Å². The van der Waals surface area contributed by atoms with Crippen molar-refractivity contribution in [3.05, 3.63) is 16.7 Å². The fourth-order valence-corrected chi connectivity index (χ4v) is 3.17. The number of nitrogens with zero attached hydrogens (tertiary/aromatic N) is 4. The Morgan fingerprint density at radius 3 is 2.48 bits per heavy atom. The molecular formula is C15H13F6N5O5. The van der Waals surface area contributed by atoms with Gasteiger partial charge in [0.05, 0.1) is 6.20 Å². The summed E-state index contributed by atoms with van der Waals surface area (Å²) in [6.45, 7) is -0.871. The van der Waals surface area contributed by atoms with Crippen LogP contribution in [0, 0.1) is 0 Å². The van der Waals surface area contributed by atoms with Crippen LogP contribution in [0.4, 0.5) is 32.3 Å². The molecule has 0 amide bonds. The lowest BCUT2D eigenvalue weighted by Crippen LogP contribution is -2.36. The second-order valence-corrected chi connectivity index (χ2v) is 6.55. The van der Waals surface area contributed by atoms with Crippen molar-refractivity contribution in [2.45, 2.75) is 50.7 Å². The third-order valence-electron chi connectivity index (χ3n) is 4.27. The number of carbonyl (C=O) groups excluding carboxylic acids is 2. The van der Waals surface area contributed by atoms with Gasteiger partial charge in [0.15, 0.2) is 11.9 Å². The molecule has 3 rings (SSSR count). The average Bonchev–Trinajstić information content (AvgIpc) is 3.11. The summed E-state index contributed by atoms with van der Waals surface area (Å²) in [5.41, 5.74) is 3.07. The van der Waals surface area contributed by atoms with E-state index in [9.17, 15) is 40.7 Å². The number of hydrogen-bond acceptors (Lipinski definition) is 8. The molecule has 1 aliphatic rings. The number of rotatable bonds is 4. The van der Waals surface area contributed by atoms with Crippen molar-refractivity contribution in [1.82, 2.24) is 19.1 Å². The van der Waals surface area contributed by atoms with Crippen molar-refractivity contribution in [1.29, 1.82) is 0 Å². The van der Waals surface area contributed by atoms with E-state index in [1.54, 1.807) is 0 Å². The Morgan fingerprint density at radius 2 is 1.94 bits per heavy atom. The zero-order valence-electron chi connectivity index (χ0n) is 15.4. The van der Waals surface area contributed by atoms with Crippen LogP contribution >= 0.6 is 0 Å². The van der Waals surface area contributed by atoms with Gasteiger partial charge in [-0.1, -0.05) is 0 Å². The van der Waals surface area contributed by atoms with E-state index >= 15 is 0 Å². The van der Waals surface area contributed by atoms with Gasteiger partial charge in [0.25, 0.3) is 5.78 Å². The first-order valence-electron chi connectivity index (χ1n) is 8.42. The molecule has 0 unspecified atom stereocenters. The molecule has 3 atom stereocenters. The molecule has 0 bridgehead atoms. The number of nitrogen functional groups attached to an aromatic ring is 1. The molecule has 3 heterocycles. The first kappa shape index (κ1) is 22.5. The minimum Gasteiger partial charge on any atom is -0.458 e. The molecule has 16 heteroatoms. The molecule has 2 aromatic heterocycles. The highest BCUT2D eigenvalue weighted by molar-refractivity contribution is 5.88. The highest BCUT2D eigenvalue weighted by atomic mass is 19.4. The monoisotopic (exact) mass is 457 g/mol. The van der Waals surface area contributed by atoms with Gasteiger partial charge in [0.1, 0.15) is 24.3 Å². The van der Waals surface area contributed by atoms with E-state index in [4.69, 9.17) is 15.2 Å². The largest absolute Gasteiger partial charge is 0.458 e. The van der Waals surface area contributed by atoms with Gasteiger partial charge in [0.2, 0.25) is 5.95 Å². The van der Waals surface area contributed by atoms with Crippen molar-refractivity contribution in [3.8, 4) is 0 Å². The lowest BCUT2D eigenvalue weighted by molar-refractivity contribution is -0.183. The summed E-state index contributed by atoms with van der Waals surface area (Å²) < 4.78 is 87.9. The smallest absolute Gasteiger partial charge is 0.452 e. The predicted octanol–water partition coefficient (Wildman–Crippen LogP) is 1.09. The highest BCUT2D eigenvalue weighted by Crippen LogP contribution is 2.36. The number of Topliss-reactive ketones (excluding diaryl/α,β-unsaturated/α-hetero) is 1. The molecule has 0 saturated carbocycles. The van der Waals surface area contributed by atoms with E-state index in [1.807, 2.05) is 0 Å². The van der Waals surface area contributed by atoms with Gasteiger partial charge in [-0.25, -0.2) is 14.3 Å². The zero-order valence-corrected chi connectivity index (χ0v) is 15.4. The van der Waals surface area contributed by atoms with Crippen LogP contribution < -0.4 is 11.4 Å². The molecule has 1 saturated heterocycles. The fraction of sp³-hybridized carbons (Fsp3) is 0.533. The number of esters is 1. The number of anilines is 1. The van der Waals surface area contributed by atoms with Gasteiger partial charge in [-0.3, -0.25) is 14.2 Å². The van der Waals surface area contributed by atoms with E-state index in [-0.39, 0.29) is 4.57 Å². The van der Waals surface area contributed by atoms with E-state index in [0.29, 0.717) is 4.57 Å². The lowest BCUT2D eigenvalue weighted by atomic mass is 10.1. The van der Waals surface area contributed by atoms with Gasteiger partial charge in [-0.05, 0) is 0 Å². The number of imidazole rings is 1. The number of halogens is 6. The number of ketones is 1. The molecular weight excluding hydrogens is 444 g/mol. The molecule has 1 fully saturated rings. The van der Waals surface area contributed by atoms with E-state index in [2.05, 4.69) is 9.97 Å². The van der Waals surface area contributed by atoms with E-state index in [0.717, 1.165) is 13.1 Å². The van der Waals surface area contributed by atoms with Gasteiger partial charge >= 0.3 is 24.0 Å². The van der Waals surface area contributed by atoms with Gasteiger partial charge in [0, 0.05) is 13.3 Å². The summed E-state index contributed by atoms with van der Waals surface area (Å²) in [6.07, 6.45) is -15.8. The maximum atomic E-state index is 13.0. The van der Waals surface area contributed by atoms with Crippen LogP contribution in [0.3, 0.4) is 0 Å². The topological polar surface area (TPSA) is 131 Å². The van der Waals surface area contributed by atoms with Crippen molar-refractivity contribution in [2.24, 2.45) is 0 Å². The van der Waals surface area contributed by atoms with Crippen molar-refractivity contribution in [2.75, 3.05) is 5.73 Å². The molecule has 31 heavy (non-hydrogen) atoms.